The molecule has 5 nitrogen and oxygen atoms in total. The monoisotopic (exact) mass is 357 g/mol. The lowest BCUT2D eigenvalue weighted by Crippen LogP contribution is -2.32. The molecule has 0 spiro atoms. The Kier molecular flexibility index (Phi) is 5.91. The number of ether oxygens (including phenoxy) is 1. The van der Waals surface area contributed by atoms with Gasteiger partial charge in [0.1, 0.15) is 6.10 Å². The van der Waals surface area contributed by atoms with Crippen LogP contribution in [0.4, 0.5) is 0 Å². The molecule has 0 unspecified atom stereocenters. The summed E-state index contributed by atoms with van der Waals surface area (Å²) < 4.78 is 5.87. The van der Waals surface area contributed by atoms with E-state index in [1.54, 1.807) is 11.8 Å². The number of hydrogen-bond acceptors (Lipinski definition) is 5. The van der Waals surface area contributed by atoms with Gasteiger partial charge in [-0.2, -0.15) is 0 Å². The van der Waals surface area contributed by atoms with Gasteiger partial charge in [-0.05, 0) is 25.5 Å². The van der Waals surface area contributed by atoms with Crippen LogP contribution in [0.5, 0.6) is 6.01 Å². The van der Waals surface area contributed by atoms with Crippen molar-refractivity contribution in [3.05, 3.63) is 53.3 Å². The zero-order valence-electron chi connectivity index (χ0n) is 14.6. The molecule has 1 saturated heterocycles. The summed E-state index contributed by atoms with van der Waals surface area (Å²) in [6, 6.07) is 12.5. The SMILES string of the molecule is Cc1cc(C)nc(O[C@@H]2CCN(C(=O)CSCc3ccccc3)C2)n1. The summed E-state index contributed by atoms with van der Waals surface area (Å²) >= 11 is 1.65. The minimum Gasteiger partial charge on any atom is -0.458 e. The minimum atomic E-state index is -0.0238. The number of rotatable bonds is 6. The first-order chi connectivity index (χ1) is 12.1. The molecule has 1 atom stereocenters. The van der Waals surface area contributed by atoms with Crippen molar-refractivity contribution >= 4 is 17.7 Å². The highest BCUT2D eigenvalue weighted by Gasteiger charge is 2.28. The second-order valence-corrected chi connectivity index (χ2v) is 7.27. The van der Waals surface area contributed by atoms with Crippen LogP contribution in [-0.4, -0.2) is 45.7 Å². The fourth-order valence-corrected chi connectivity index (χ4v) is 3.76. The van der Waals surface area contributed by atoms with Gasteiger partial charge in [0.05, 0.1) is 12.3 Å². The summed E-state index contributed by atoms with van der Waals surface area (Å²) in [5.41, 5.74) is 3.03. The van der Waals surface area contributed by atoms with Crippen LogP contribution in [0.25, 0.3) is 0 Å². The largest absolute Gasteiger partial charge is 0.458 e. The second kappa shape index (κ2) is 8.34. The molecule has 1 fully saturated rings. The smallest absolute Gasteiger partial charge is 0.317 e. The van der Waals surface area contributed by atoms with E-state index in [0.717, 1.165) is 30.1 Å². The third kappa shape index (κ3) is 5.19. The molecule has 0 saturated carbocycles. The first-order valence-electron chi connectivity index (χ1n) is 8.48. The topological polar surface area (TPSA) is 55.3 Å². The van der Waals surface area contributed by atoms with Crippen molar-refractivity contribution in [3.8, 4) is 6.01 Å². The Bertz CT molecular complexity index is 704. The molecule has 1 amide bonds. The number of nitrogens with zero attached hydrogens (tertiary/aromatic N) is 3. The van der Waals surface area contributed by atoms with Crippen LogP contribution in [0.2, 0.25) is 0 Å². The Hall–Kier alpha value is -2.08. The van der Waals surface area contributed by atoms with E-state index in [-0.39, 0.29) is 12.0 Å². The predicted octanol–water partition coefficient (Wildman–Crippen LogP) is 3.01. The number of thioether (sulfide) groups is 1. The number of aryl methyl sites for hydroxylation is 2. The zero-order valence-corrected chi connectivity index (χ0v) is 15.5. The Morgan fingerprint density at radius 3 is 2.68 bits per heavy atom. The van der Waals surface area contributed by atoms with E-state index in [2.05, 4.69) is 22.1 Å². The molecule has 0 radical (unpaired) electrons. The van der Waals surface area contributed by atoms with E-state index in [4.69, 9.17) is 4.74 Å². The molecule has 3 rings (SSSR count). The summed E-state index contributed by atoms with van der Waals surface area (Å²) in [4.78, 5) is 22.9. The maximum Gasteiger partial charge on any atom is 0.317 e. The first-order valence-corrected chi connectivity index (χ1v) is 9.64. The first kappa shape index (κ1) is 17.7. The summed E-state index contributed by atoms with van der Waals surface area (Å²) in [7, 11) is 0. The predicted molar refractivity (Wildman–Crippen MR) is 99.7 cm³/mol. The van der Waals surface area contributed by atoms with Crippen molar-refractivity contribution in [2.75, 3.05) is 18.8 Å². The van der Waals surface area contributed by atoms with Crippen LogP contribution < -0.4 is 4.74 Å². The Morgan fingerprint density at radius 2 is 1.96 bits per heavy atom. The average molecular weight is 357 g/mol. The van der Waals surface area contributed by atoms with E-state index >= 15 is 0 Å². The van der Waals surface area contributed by atoms with Gasteiger partial charge in [-0.25, -0.2) is 9.97 Å². The Labute approximate surface area is 152 Å². The van der Waals surface area contributed by atoms with Crippen LogP contribution in [0.15, 0.2) is 36.4 Å². The number of benzene rings is 1. The van der Waals surface area contributed by atoms with Gasteiger partial charge in [-0.3, -0.25) is 4.79 Å². The summed E-state index contributed by atoms with van der Waals surface area (Å²) in [5, 5.41) is 0. The number of carbonyl (C=O) groups excluding carboxylic acids is 1. The lowest BCUT2D eigenvalue weighted by Gasteiger charge is -2.16. The van der Waals surface area contributed by atoms with E-state index in [0.29, 0.717) is 18.3 Å². The molecule has 2 heterocycles. The highest BCUT2D eigenvalue weighted by Crippen LogP contribution is 2.18. The van der Waals surface area contributed by atoms with Gasteiger partial charge < -0.3 is 9.64 Å². The molecular weight excluding hydrogens is 334 g/mol. The minimum absolute atomic E-state index is 0.0238. The normalized spacial score (nSPS) is 16.9. The highest BCUT2D eigenvalue weighted by atomic mass is 32.2. The quantitative estimate of drug-likeness (QED) is 0.795. The van der Waals surface area contributed by atoms with Gasteiger partial charge in [0, 0.05) is 30.1 Å². The zero-order chi connectivity index (χ0) is 17.6. The second-order valence-electron chi connectivity index (χ2n) is 6.28. The van der Waals surface area contributed by atoms with Crippen LogP contribution in [0.1, 0.15) is 23.4 Å². The van der Waals surface area contributed by atoms with Crippen molar-refractivity contribution in [1.82, 2.24) is 14.9 Å². The van der Waals surface area contributed by atoms with Gasteiger partial charge in [0.2, 0.25) is 5.91 Å². The molecule has 6 heteroatoms. The summed E-state index contributed by atoms with van der Waals surface area (Å²) in [6.07, 6.45) is 0.801. The number of carbonyl (C=O) groups is 1. The third-order valence-corrected chi connectivity index (χ3v) is 5.06. The maximum absolute atomic E-state index is 12.4. The molecule has 132 valence electrons. The highest BCUT2D eigenvalue weighted by molar-refractivity contribution is 7.99. The van der Waals surface area contributed by atoms with Crippen LogP contribution in [-0.2, 0) is 10.5 Å². The summed E-state index contributed by atoms with van der Waals surface area (Å²) in [5.74, 6) is 1.53. The van der Waals surface area contributed by atoms with Gasteiger partial charge in [-0.1, -0.05) is 30.3 Å². The molecule has 1 aromatic carbocycles. The van der Waals surface area contributed by atoms with Crippen LogP contribution in [0.3, 0.4) is 0 Å². The number of aromatic nitrogens is 2. The van der Waals surface area contributed by atoms with Crippen molar-refractivity contribution < 1.29 is 9.53 Å². The van der Waals surface area contributed by atoms with Gasteiger partial charge in [0.25, 0.3) is 0 Å². The van der Waals surface area contributed by atoms with Gasteiger partial charge in [-0.15, -0.1) is 11.8 Å². The van der Waals surface area contributed by atoms with Gasteiger partial charge in [0.15, 0.2) is 0 Å². The lowest BCUT2D eigenvalue weighted by molar-refractivity contribution is -0.127. The Morgan fingerprint density at radius 1 is 1.24 bits per heavy atom. The van der Waals surface area contributed by atoms with E-state index in [1.165, 1.54) is 5.56 Å². The molecule has 25 heavy (non-hydrogen) atoms. The summed E-state index contributed by atoms with van der Waals surface area (Å²) in [6.45, 7) is 5.20. The molecule has 1 aromatic heterocycles. The van der Waals surface area contributed by atoms with E-state index in [9.17, 15) is 4.79 Å². The molecule has 2 aromatic rings. The molecule has 1 aliphatic heterocycles. The average Bonchev–Trinajstić information content (AvgIpc) is 3.03. The number of hydrogen-bond donors (Lipinski definition) is 0. The lowest BCUT2D eigenvalue weighted by atomic mass is 10.2. The van der Waals surface area contributed by atoms with E-state index in [1.807, 2.05) is 43.0 Å². The molecule has 1 aliphatic rings. The van der Waals surface area contributed by atoms with E-state index < -0.39 is 0 Å². The van der Waals surface area contributed by atoms with Crippen molar-refractivity contribution in [3.63, 3.8) is 0 Å². The van der Waals surface area contributed by atoms with Crippen molar-refractivity contribution in [2.24, 2.45) is 0 Å². The fraction of sp³-hybridized carbons (Fsp3) is 0.421. The van der Waals surface area contributed by atoms with Crippen LogP contribution in [0, 0.1) is 13.8 Å². The molecular formula is C19H23N3O2S. The molecule has 0 bridgehead atoms. The number of likely N-dealkylation sites (tertiary alicyclic amines) is 1. The van der Waals surface area contributed by atoms with Crippen molar-refractivity contribution in [1.29, 1.82) is 0 Å². The Balaban J connectivity index is 1.44. The third-order valence-electron chi connectivity index (χ3n) is 4.07. The standard InChI is InChI=1S/C19H23N3O2S/c1-14-10-15(2)21-19(20-14)24-17-8-9-22(11-17)18(23)13-25-12-16-6-4-3-5-7-16/h3-7,10,17H,8-9,11-13H2,1-2H3/t17-/m1/s1. The maximum atomic E-state index is 12.4. The van der Waals surface area contributed by atoms with Crippen molar-refractivity contribution in [2.45, 2.75) is 32.1 Å². The molecule has 0 N–H and O–H groups in total. The fourth-order valence-electron chi connectivity index (χ4n) is 2.87. The number of amides is 1. The van der Waals surface area contributed by atoms with Crippen LogP contribution >= 0.6 is 11.8 Å². The molecule has 0 aliphatic carbocycles. The van der Waals surface area contributed by atoms with Gasteiger partial charge >= 0.3 is 6.01 Å².